The molecule has 0 spiro atoms. The molecule has 1 N–H and O–H groups in total. The second-order valence-corrected chi connectivity index (χ2v) is 7.71. The van der Waals surface area contributed by atoms with Crippen LogP contribution < -0.4 is 15.0 Å². The maximum atomic E-state index is 12.5. The highest BCUT2D eigenvalue weighted by atomic mass is 35.5. The number of anilines is 1. The number of hydrogen-bond acceptors (Lipinski definition) is 6. The molecule has 0 saturated carbocycles. The highest BCUT2D eigenvalue weighted by Crippen LogP contribution is 2.33. The van der Waals surface area contributed by atoms with Crippen LogP contribution in [0.4, 0.5) is 5.69 Å². The topological polar surface area (TPSA) is 84.6 Å². The molecular formula is C20H23ClN6O2. The SMILES string of the molecule is COc1ccc(Cl)cc1N1CCC(NC(=O)Cc2nc3nc(C)cc(C)n3n2)C1. The van der Waals surface area contributed by atoms with Crippen LogP contribution in [0.3, 0.4) is 0 Å². The number of aryl methyl sites for hydroxylation is 2. The van der Waals surface area contributed by atoms with E-state index in [2.05, 4.69) is 25.3 Å². The zero-order valence-electron chi connectivity index (χ0n) is 16.6. The predicted octanol–water partition coefficient (Wildman–Crippen LogP) is 2.34. The lowest BCUT2D eigenvalue weighted by Crippen LogP contribution is -2.38. The summed E-state index contributed by atoms with van der Waals surface area (Å²) < 4.78 is 7.11. The van der Waals surface area contributed by atoms with Gasteiger partial charge in [-0.2, -0.15) is 4.98 Å². The minimum Gasteiger partial charge on any atom is -0.495 e. The average Bonchev–Trinajstić information content (AvgIpc) is 3.28. The van der Waals surface area contributed by atoms with Crippen molar-refractivity contribution in [1.29, 1.82) is 0 Å². The maximum absolute atomic E-state index is 12.5. The Bertz CT molecular complexity index is 1070. The lowest BCUT2D eigenvalue weighted by Gasteiger charge is -2.21. The fraction of sp³-hybridized carbons (Fsp3) is 0.400. The molecule has 2 aromatic heterocycles. The van der Waals surface area contributed by atoms with Crippen molar-refractivity contribution in [3.8, 4) is 5.75 Å². The summed E-state index contributed by atoms with van der Waals surface area (Å²) in [4.78, 5) is 23.5. The van der Waals surface area contributed by atoms with E-state index < -0.39 is 0 Å². The molecule has 0 aliphatic carbocycles. The van der Waals surface area contributed by atoms with Crippen molar-refractivity contribution >= 4 is 29.0 Å². The smallest absolute Gasteiger partial charge is 0.252 e. The first-order valence-electron chi connectivity index (χ1n) is 9.50. The second-order valence-electron chi connectivity index (χ2n) is 7.27. The van der Waals surface area contributed by atoms with Crippen LogP contribution in [0.15, 0.2) is 24.3 Å². The van der Waals surface area contributed by atoms with Gasteiger partial charge in [0, 0.05) is 35.5 Å². The predicted molar refractivity (Wildman–Crippen MR) is 111 cm³/mol. The summed E-state index contributed by atoms with van der Waals surface area (Å²) >= 11 is 6.14. The number of hydrogen-bond donors (Lipinski definition) is 1. The van der Waals surface area contributed by atoms with E-state index in [1.807, 2.05) is 32.0 Å². The van der Waals surface area contributed by atoms with Gasteiger partial charge in [-0.1, -0.05) is 11.6 Å². The van der Waals surface area contributed by atoms with E-state index in [4.69, 9.17) is 16.3 Å². The molecular weight excluding hydrogens is 392 g/mol. The van der Waals surface area contributed by atoms with Crippen LogP contribution in [0, 0.1) is 13.8 Å². The molecule has 4 rings (SSSR count). The normalized spacial score (nSPS) is 16.4. The van der Waals surface area contributed by atoms with Gasteiger partial charge in [0.2, 0.25) is 5.91 Å². The highest BCUT2D eigenvalue weighted by Gasteiger charge is 2.26. The average molecular weight is 415 g/mol. The summed E-state index contributed by atoms with van der Waals surface area (Å²) in [5.74, 6) is 1.66. The number of carbonyl (C=O) groups is 1. The van der Waals surface area contributed by atoms with Crippen LogP contribution >= 0.6 is 11.6 Å². The quantitative estimate of drug-likeness (QED) is 0.689. The number of nitrogens with one attached hydrogen (secondary N) is 1. The Kier molecular flexibility index (Phi) is 5.27. The molecule has 1 unspecified atom stereocenters. The third-order valence-electron chi connectivity index (χ3n) is 5.02. The number of aromatic nitrogens is 4. The lowest BCUT2D eigenvalue weighted by atomic mass is 10.2. The monoisotopic (exact) mass is 414 g/mol. The first kappa shape index (κ1) is 19.4. The fourth-order valence-electron chi connectivity index (χ4n) is 3.71. The number of ether oxygens (including phenoxy) is 1. The van der Waals surface area contributed by atoms with Gasteiger partial charge in [-0.25, -0.2) is 9.50 Å². The molecule has 1 aliphatic heterocycles. The van der Waals surface area contributed by atoms with E-state index in [9.17, 15) is 4.79 Å². The summed E-state index contributed by atoms with van der Waals surface area (Å²) in [6.45, 7) is 5.36. The number of amides is 1. The summed E-state index contributed by atoms with van der Waals surface area (Å²) in [5, 5.41) is 8.15. The van der Waals surface area contributed by atoms with E-state index >= 15 is 0 Å². The van der Waals surface area contributed by atoms with Crippen molar-refractivity contribution in [2.75, 3.05) is 25.1 Å². The van der Waals surface area contributed by atoms with Gasteiger partial charge >= 0.3 is 0 Å². The van der Waals surface area contributed by atoms with Gasteiger partial charge in [0.1, 0.15) is 5.75 Å². The third kappa shape index (κ3) is 4.12. The number of nitrogens with zero attached hydrogens (tertiary/aromatic N) is 5. The van der Waals surface area contributed by atoms with E-state index in [1.54, 1.807) is 17.7 Å². The van der Waals surface area contributed by atoms with Gasteiger partial charge in [-0.3, -0.25) is 4.79 Å². The molecule has 1 atom stereocenters. The highest BCUT2D eigenvalue weighted by molar-refractivity contribution is 6.30. The molecule has 1 fully saturated rings. The fourth-order valence-corrected chi connectivity index (χ4v) is 3.88. The Morgan fingerprint density at radius 1 is 1.31 bits per heavy atom. The van der Waals surface area contributed by atoms with Gasteiger partial charge < -0.3 is 15.0 Å². The van der Waals surface area contributed by atoms with Crippen molar-refractivity contribution in [3.05, 3.63) is 46.5 Å². The van der Waals surface area contributed by atoms with Gasteiger partial charge in [-0.15, -0.1) is 5.10 Å². The Morgan fingerprint density at radius 2 is 2.14 bits per heavy atom. The number of rotatable bonds is 5. The van der Waals surface area contributed by atoms with Crippen LogP contribution in [-0.2, 0) is 11.2 Å². The van der Waals surface area contributed by atoms with Crippen LogP contribution in [0.25, 0.3) is 5.78 Å². The van der Waals surface area contributed by atoms with Crippen LogP contribution in [-0.4, -0.2) is 51.7 Å². The third-order valence-corrected chi connectivity index (χ3v) is 5.25. The van der Waals surface area contributed by atoms with Crippen molar-refractivity contribution < 1.29 is 9.53 Å². The van der Waals surface area contributed by atoms with E-state index in [0.29, 0.717) is 23.2 Å². The molecule has 3 aromatic rings. The number of carbonyl (C=O) groups excluding carboxylic acids is 1. The van der Waals surface area contributed by atoms with E-state index in [-0.39, 0.29) is 18.4 Å². The zero-order valence-corrected chi connectivity index (χ0v) is 17.4. The largest absolute Gasteiger partial charge is 0.495 e. The molecule has 1 amide bonds. The Hall–Kier alpha value is -2.87. The summed E-state index contributed by atoms with van der Waals surface area (Å²) in [5.41, 5.74) is 2.75. The lowest BCUT2D eigenvalue weighted by molar-refractivity contribution is -0.121. The minimum atomic E-state index is -0.0970. The van der Waals surface area contributed by atoms with E-state index in [1.165, 1.54) is 0 Å². The molecule has 0 radical (unpaired) electrons. The number of halogens is 1. The number of methoxy groups -OCH3 is 1. The molecule has 1 aromatic carbocycles. The standard InChI is InChI=1S/C20H23ClN6O2/c1-12-8-13(2)27-20(22-12)24-18(25-27)10-19(28)23-15-6-7-26(11-15)16-9-14(21)4-5-17(16)29-3/h4-5,8-9,15H,6-7,10-11H2,1-3H3,(H,23,28). The van der Waals surface area contributed by atoms with Gasteiger partial charge in [-0.05, 0) is 44.5 Å². The van der Waals surface area contributed by atoms with E-state index in [0.717, 1.165) is 35.8 Å². The first-order valence-corrected chi connectivity index (χ1v) is 9.88. The molecule has 1 aliphatic rings. The summed E-state index contributed by atoms with van der Waals surface area (Å²) in [7, 11) is 1.64. The summed E-state index contributed by atoms with van der Waals surface area (Å²) in [6, 6.07) is 7.53. The van der Waals surface area contributed by atoms with Crippen molar-refractivity contribution in [3.63, 3.8) is 0 Å². The Balaban J connectivity index is 1.40. The Morgan fingerprint density at radius 3 is 2.93 bits per heavy atom. The Labute approximate surface area is 173 Å². The molecule has 9 heteroatoms. The van der Waals surface area contributed by atoms with Gasteiger partial charge in [0.15, 0.2) is 5.82 Å². The van der Waals surface area contributed by atoms with Crippen molar-refractivity contribution in [2.45, 2.75) is 32.7 Å². The first-order chi connectivity index (χ1) is 13.9. The molecule has 8 nitrogen and oxygen atoms in total. The van der Waals surface area contributed by atoms with Crippen molar-refractivity contribution in [1.82, 2.24) is 24.9 Å². The molecule has 29 heavy (non-hydrogen) atoms. The van der Waals surface area contributed by atoms with Gasteiger partial charge in [0.25, 0.3) is 5.78 Å². The minimum absolute atomic E-state index is 0.0466. The summed E-state index contributed by atoms with van der Waals surface area (Å²) in [6.07, 6.45) is 0.971. The van der Waals surface area contributed by atoms with Crippen LogP contribution in [0.5, 0.6) is 5.75 Å². The molecule has 3 heterocycles. The maximum Gasteiger partial charge on any atom is 0.252 e. The molecule has 1 saturated heterocycles. The molecule has 152 valence electrons. The van der Waals surface area contributed by atoms with Crippen LogP contribution in [0.1, 0.15) is 23.6 Å². The zero-order chi connectivity index (χ0) is 20.5. The van der Waals surface area contributed by atoms with Crippen molar-refractivity contribution in [2.24, 2.45) is 0 Å². The van der Waals surface area contributed by atoms with Crippen LogP contribution in [0.2, 0.25) is 5.02 Å². The van der Waals surface area contributed by atoms with Gasteiger partial charge in [0.05, 0.1) is 19.2 Å². The second kappa shape index (κ2) is 7.87. The number of benzene rings is 1. The number of fused-ring (bicyclic) bond motifs is 1. The molecule has 0 bridgehead atoms.